The molecular weight excluding hydrogens is 460 g/mol. The van der Waals surface area contributed by atoms with Crippen LogP contribution in [-0.4, -0.2) is 55.7 Å². The zero-order chi connectivity index (χ0) is 18.4. The van der Waals surface area contributed by atoms with E-state index in [1.54, 1.807) is 14.1 Å². The number of alkyl halides is 3. The fourth-order valence-electron chi connectivity index (χ4n) is 3.44. The first-order valence-corrected chi connectivity index (χ1v) is 9.10. The van der Waals surface area contributed by atoms with Gasteiger partial charge in [-0.2, -0.15) is 13.2 Å². The molecule has 0 atom stereocenters. The molecule has 5 nitrogen and oxygen atoms in total. The van der Waals surface area contributed by atoms with Crippen molar-refractivity contribution < 1.29 is 18.0 Å². The van der Waals surface area contributed by atoms with Crippen LogP contribution in [-0.2, 0) is 4.79 Å². The van der Waals surface area contributed by atoms with E-state index in [0.29, 0.717) is 24.8 Å². The molecule has 0 aromatic carbocycles. The molecule has 0 aromatic rings. The Morgan fingerprint density at radius 3 is 1.96 bits per heavy atom. The number of hydrogen-bond acceptors (Lipinski definition) is 2. The van der Waals surface area contributed by atoms with Crippen LogP contribution in [0.2, 0.25) is 0 Å². The van der Waals surface area contributed by atoms with Crippen molar-refractivity contribution in [1.29, 1.82) is 0 Å². The van der Waals surface area contributed by atoms with Crippen molar-refractivity contribution in [2.24, 2.45) is 10.9 Å². The fourth-order valence-corrected chi connectivity index (χ4v) is 3.44. The second-order valence-corrected chi connectivity index (χ2v) is 7.31. The molecular formula is C17H30F3IN4O. The number of likely N-dealkylation sites (N-methyl/N-ethyl adjacent to an activating group) is 1. The van der Waals surface area contributed by atoms with E-state index < -0.39 is 12.1 Å². The van der Waals surface area contributed by atoms with Crippen molar-refractivity contribution >= 4 is 35.8 Å². The zero-order valence-corrected chi connectivity index (χ0v) is 17.8. The van der Waals surface area contributed by atoms with Crippen LogP contribution in [0.15, 0.2) is 4.99 Å². The van der Waals surface area contributed by atoms with Crippen LogP contribution in [0.4, 0.5) is 13.2 Å². The van der Waals surface area contributed by atoms with Crippen LogP contribution < -0.4 is 10.6 Å². The predicted octanol–water partition coefficient (Wildman–Crippen LogP) is 3.29. The number of carbonyl (C=O) groups excluding carboxylic acids is 1. The number of hydrogen-bond donors (Lipinski definition) is 2. The molecule has 0 unspecified atom stereocenters. The van der Waals surface area contributed by atoms with E-state index in [4.69, 9.17) is 0 Å². The van der Waals surface area contributed by atoms with Crippen molar-refractivity contribution in [3.8, 4) is 0 Å². The molecule has 0 aliphatic heterocycles. The van der Waals surface area contributed by atoms with Crippen LogP contribution in [0.3, 0.4) is 0 Å². The van der Waals surface area contributed by atoms with Crippen LogP contribution >= 0.6 is 24.0 Å². The molecule has 0 bridgehead atoms. The third-order valence-electron chi connectivity index (χ3n) is 5.10. The summed E-state index contributed by atoms with van der Waals surface area (Å²) in [6.07, 6.45) is 1.59. The van der Waals surface area contributed by atoms with Crippen LogP contribution in [0.25, 0.3) is 0 Å². The standard InChI is InChI=1S/C17H29F3N4O.HI/c1-24(2)15(25)11-21-16(22-13-5-3-4-6-13)23-14-9-7-12(8-10-14)17(18,19)20;/h12-14H,3-11H2,1-2H3,(H2,21,22,23);1H. The molecule has 9 heteroatoms. The number of halogens is 4. The normalized spacial score (nSPS) is 24.7. The van der Waals surface area contributed by atoms with Gasteiger partial charge in [0, 0.05) is 26.2 Å². The third kappa shape index (κ3) is 7.48. The summed E-state index contributed by atoms with van der Waals surface area (Å²) in [4.78, 5) is 17.6. The van der Waals surface area contributed by atoms with Gasteiger partial charge in [-0.25, -0.2) is 4.99 Å². The summed E-state index contributed by atoms with van der Waals surface area (Å²) in [6.45, 7) is 0.0347. The second-order valence-electron chi connectivity index (χ2n) is 7.31. The van der Waals surface area contributed by atoms with Gasteiger partial charge < -0.3 is 15.5 Å². The molecule has 2 saturated carbocycles. The van der Waals surface area contributed by atoms with E-state index in [1.165, 1.54) is 4.90 Å². The highest BCUT2D eigenvalue weighted by Gasteiger charge is 2.41. The quantitative estimate of drug-likeness (QED) is 0.362. The molecule has 26 heavy (non-hydrogen) atoms. The molecule has 1 amide bonds. The Morgan fingerprint density at radius 1 is 1.00 bits per heavy atom. The Kier molecular flexibility index (Phi) is 9.46. The van der Waals surface area contributed by atoms with Crippen molar-refractivity contribution in [3.63, 3.8) is 0 Å². The fraction of sp³-hybridized carbons (Fsp3) is 0.882. The molecule has 2 aliphatic carbocycles. The number of rotatable bonds is 4. The summed E-state index contributed by atoms with van der Waals surface area (Å²) >= 11 is 0. The van der Waals surface area contributed by atoms with E-state index in [0.717, 1.165) is 25.7 Å². The number of guanidine groups is 1. The molecule has 0 radical (unpaired) electrons. The van der Waals surface area contributed by atoms with Gasteiger partial charge in [-0.1, -0.05) is 12.8 Å². The Labute approximate surface area is 170 Å². The summed E-state index contributed by atoms with van der Waals surface area (Å²) in [5.41, 5.74) is 0. The summed E-state index contributed by atoms with van der Waals surface area (Å²) in [5.74, 6) is -0.741. The molecule has 0 spiro atoms. The molecule has 152 valence electrons. The monoisotopic (exact) mass is 490 g/mol. The highest BCUT2D eigenvalue weighted by molar-refractivity contribution is 14.0. The summed E-state index contributed by atoms with van der Waals surface area (Å²) < 4.78 is 38.4. The van der Waals surface area contributed by atoms with Gasteiger partial charge in [0.25, 0.3) is 0 Å². The van der Waals surface area contributed by atoms with Gasteiger partial charge in [-0.3, -0.25) is 4.79 Å². The number of aliphatic imine (C=N–C) groups is 1. The first-order chi connectivity index (χ1) is 11.8. The molecule has 0 aromatic heterocycles. The smallest absolute Gasteiger partial charge is 0.354 e. The minimum Gasteiger partial charge on any atom is -0.354 e. The molecule has 0 saturated heterocycles. The first-order valence-electron chi connectivity index (χ1n) is 9.10. The molecule has 2 fully saturated rings. The Bertz CT molecular complexity index is 471. The van der Waals surface area contributed by atoms with Crippen LogP contribution in [0, 0.1) is 5.92 Å². The third-order valence-corrected chi connectivity index (χ3v) is 5.10. The summed E-state index contributed by atoms with van der Waals surface area (Å²) in [7, 11) is 3.35. The number of nitrogens with zero attached hydrogens (tertiary/aromatic N) is 2. The molecule has 2 aliphatic rings. The largest absolute Gasteiger partial charge is 0.391 e. The maximum Gasteiger partial charge on any atom is 0.391 e. The highest BCUT2D eigenvalue weighted by Crippen LogP contribution is 2.37. The first kappa shape index (κ1) is 23.3. The van der Waals surface area contributed by atoms with E-state index in [9.17, 15) is 18.0 Å². The van der Waals surface area contributed by atoms with Gasteiger partial charge in [0.05, 0.1) is 5.92 Å². The van der Waals surface area contributed by atoms with E-state index >= 15 is 0 Å². The maximum absolute atomic E-state index is 12.8. The number of amides is 1. The summed E-state index contributed by atoms with van der Waals surface area (Å²) in [6, 6.07) is 0.299. The Hall–Kier alpha value is -0.740. The van der Waals surface area contributed by atoms with E-state index in [2.05, 4.69) is 15.6 Å². The maximum atomic E-state index is 12.8. The number of nitrogens with one attached hydrogen (secondary N) is 2. The lowest BCUT2D eigenvalue weighted by atomic mass is 9.85. The topological polar surface area (TPSA) is 56.7 Å². The lowest BCUT2D eigenvalue weighted by Crippen LogP contribution is -2.48. The van der Waals surface area contributed by atoms with Crippen LogP contribution in [0.5, 0.6) is 0 Å². The highest BCUT2D eigenvalue weighted by atomic mass is 127. The van der Waals surface area contributed by atoms with Gasteiger partial charge in [0.1, 0.15) is 6.54 Å². The minimum atomic E-state index is -4.10. The second kappa shape index (κ2) is 10.6. The minimum absolute atomic E-state index is 0. The van der Waals surface area contributed by atoms with Gasteiger partial charge in [0.2, 0.25) is 5.91 Å². The molecule has 0 heterocycles. The van der Waals surface area contributed by atoms with Crippen molar-refractivity contribution in [2.45, 2.75) is 69.6 Å². The van der Waals surface area contributed by atoms with E-state index in [-0.39, 0.29) is 55.3 Å². The average Bonchev–Trinajstić information content (AvgIpc) is 3.04. The predicted molar refractivity (Wildman–Crippen MR) is 107 cm³/mol. The van der Waals surface area contributed by atoms with Gasteiger partial charge in [-0.05, 0) is 38.5 Å². The SMILES string of the molecule is CN(C)C(=O)CN=C(NC1CCCC1)NC1CCC(C(F)(F)F)CC1.I. The average molecular weight is 490 g/mol. The zero-order valence-electron chi connectivity index (χ0n) is 15.4. The van der Waals surface area contributed by atoms with Gasteiger partial charge in [-0.15, -0.1) is 24.0 Å². The summed E-state index contributed by atoms with van der Waals surface area (Å²) in [5, 5.41) is 6.59. The van der Waals surface area contributed by atoms with Gasteiger partial charge >= 0.3 is 6.18 Å². The Morgan fingerprint density at radius 2 is 1.50 bits per heavy atom. The molecule has 2 N–H and O–H groups in total. The Balaban J connectivity index is 0.00000338. The van der Waals surface area contributed by atoms with Crippen molar-refractivity contribution in [3.05, 3.63) is 0 Å². The van der Waals surface area contributed by atoms with E-state index in [1.807, 2.05) is 0 Å². The molecule has 2 rings (SSSR count). The number of carbonyl (C=O) groups is 1. The van der Waals surface area contributed by atoms with Crippen LogP contribution in [0.1, 0.15) is 51.4 Å². The van der Waals surface area contributed by atoms with Crippen molar-refractivity contribution in [2.75, 3.05) is 20.6 Å². The van der Waals surface area contributed by atoms with Crippen molar-refractivity contribution in [1.82, 2.24) is 15.5 Å². The lowest BCUT2D eigenvalue weighted by Gasteiger charge is -2.31. The van der Waals surface area contributed by atoms with Gasteiger partial charge in [0.15, 0.2) is 5.96 Å². The lowest BCUT2D eigenvalue weighted by molar-refractivity contribution is -0.182.